The molecule has 0 N–H and O–H groups in total. The Labute approximate surface area is 78.1 Å². The molecule has 12 heavy (non-hydrogen) atoms. The molecule has 0 saturated carbocycles. The molecule has 1 rings (SSSR count). The highest BCUT2D eigenvalue weighted by atomic mass is 31.1. The van der Waals surface area contributed by atoms with Crippen molar-refractivity contribution in [2.75, 3.05) is 6.16 Å². The summed E-state index contributed by atoms with van der Waals surface area (Å²) in [6.07, 6.45) is 10.0. The molecule has 1 aliphatic heterocycles. The van der Waals surface area contributed by atoms with E-state index < -0.39 is 0 Å². The van der Waals surface area contributed by atoms with Crippen LogP contribution in [0.3, 0.4) is 0 Å². The molecular formula is C10H20NP. The number of aliphatic imine (C=N–C) groups is 1. The molecule has 0 spiro atoms. The molecule has 2 unspecified atom stereocenters. The van der Waals surface area contributed by atoms with Gasteiger partial charge in [0.2, 0.25) is 0 Å². The number of nitrogens with zero attached hydrogens (tertiary/aromatic N) is 1. The maximum Gasteiger partial charge on any atom is 0.0224 e. The number of hydrogen-bond acceptors (Lipinski definition) is 1. The van der Waals surface area contributed by atoms with Gasteiger partial charge in [-0.05, 0) is 12.6 Å². The quantitative estimate of drug-likeness (QED) is 0.597. The van der Waals surface area contributed by atoms with Crippen LogP contribution in [0.2, 0.25) is 0 Å². The van der Waals surface area contributed by atoms with E-state index in [9.17, 15) is 0 Å². The first-order chi connectivity index (χ1) is 5.93. The van der Waals surface area contributed by atoms with Gasteiger partial charge in [0.15, 0.2) is 0 Å². The second-order valence-corrected chi connectivity index (χ2v) is 4.13. The monoisotopic (exact) mass is 185 g/mol. The standard InChI is InChI=1S/C8H14NP.C2H6/c1-2-6-10-8-4-3-5-9-7-8;1-2/h3,5,7-8,10H,2,4,6H2,1H3;1-2H3. The second-order valence-electron chi connectivity index (χ2n) is 2.48. The third-order valence-corrected chi connectivity index (χ3v) is 3.20. The molecule has 1 aliphatic rings. The zero-order valence-electron chi connectivity index (χ0n) is 8.38. The van der Waals surface area contributed by atoms with Crippen molar-refractivity contribution in [1.82, 2.24) is 0 Å². The summed E-state index contributed by atoms with van der Waals surface area (Å²) in [5, 5.41) is 0. The van der Waals surface area contributed by atoms with Crippen molar-refractivity contribution < 1.29 is 0 Å². The topological polar surface area (TPSA) is 12.4 Å². The maximum absolute atomic E-state index is 4.11. The van der Waals surface area contributed by atoms with Crippen LogP contribution in [0, 0.1) is 0 Å². The number of hydrogen-bond donors (Lipinski definition) is 0. The summed E-state index contributed by atoms with van der Waals surface area (Å²) in [7, 11) is 1.08. The average molecular weight is 185 g/mol. The van der Waals surface area contributed by atoms with Crippen molar-refractivity contribution in [3.8, 4) is 0 Å². The van der Waals surface area contributed by atoms with Gasteiger partial charge < -0.3 is 0 Å². The van der Waals surface area contributed by atoms with Gasteiger partial charge in [-0.15, -0.1) is 8.58 Å². The van der Waals surface area contributed by atoms with Crippen LogP contribution in [-0.2, 0) is 0 Å². The summed E-state index contributed by atoms with van der Waals surface area (Å²) in [5.74, 6) is 0. The SMILES string of the molecule is CC.CCCPC1C=NC=CC1. The van der Waals surface area contributed by atoms with Crippen LogP contribution in [0.5, 0.6) is 0 Å². The van der Waals surface area contributed by atoms with Crippen molar-refractivity contribution in [3.05, 3.63) is 12.3 Å². The van der Waals surface area contributed by atoms with Gasteiger partial charge in [0.25, 0.3) is 0 Å². The van der Waals surface area contributed by atoms with Crippen LogP contribution < -0.4 is 0 Å². The Morgan fingerprint density at radius 1 is 1.50 bits per heavy atom. The lowest BCUT2D eigenvalue weighted by Crippen LogP contribution is -2.03. The Bertz CT molecular complexity index is 141. The van der Waals surface area contributed by atoms with E-state index in [1.807, 2.05) is 20.0 Å². The summed E-state index contributed by atoms with van der Waals surface area (Å²) in [6.45, 7) is 6.24. The van der Waals surface area contributed by atoms with Gasteiger partial charge in [-0.25, -0.2) is 0 Å². The van der Waals surface area contributed by atoms with Gasteiger partial charge in [0.05, 0.1) is 0 Å². The molecule has 2 heteroatoms. The van der Waals surface area contributed by atoms with Crippen LogP contribution in [0.25, 0.3) is 0 Å². The molecular weight excluding hydrogens is 165 g/mol. The lowest BCUT2D eigenvalue weighted by molar-refractivity contribution is 1.06. The molecule has 0 aliphatic carbocycles. The van der Waals surface area contributed by atoms with E-state index in [1.165, 1.54) is 19.0 Å². The van der Waals surface area contributed by atoms with Gasteiger partial charge in [-0.1, -0.05) is 33.3 Å². The van der Waals surface area contributed by atoms with Crippen LogP contribution in [-0.4, -0.2) is 18.0 Å². The highest BCUT2D eigenvalue weighted by molar-refractivity contribution is 7.40. The van der Waals surface area contributed by atoms with Gasteiger partial charge in [-0.3, -0.25) is 4.99 Å². The predicted octanol–water partition coefficient (Wildman–Crippen LogP) is 3.46. The molecule has 0 amide bonds. The second kappa shape index (κ2) is 8.93. The molecule has 0 saturated heterocycles. The van der Waals surface area contributed by atoms with Crippen molar-refractivity contribution in [3.63, 3.8) is 0 Å². The summed E-state index contributed by atoms with van der Waals surface area (Å²) in [5.41, 5.74) is 0.755. The Hall–Kier alpha value is -0.160. The number of rotatable bonds is 3. The zero-order valence-corrected chi connectivity index (χ0v) is 9.38. The first-order valence-corrected chi connectivity index (χ1v) is 6.13. The highest BCUT2D eigenvalue weighted by Crippen LogP contribution is 2.23. The summed E-state index contributed by atoms with van der Waals surface area (Å²) in [6, 6.07) is 0. The van der Waals surface area contributed by atoms with E-state index in [1.54, 1.807) is 0 Å². The minimum absolute atomic E-state index is 0.755. The van der Waals surface area contributed by atoms with Crippen molar-refractivity contribution in [1.29, 1.82) is 0 Å². The Kier molecular flexibility index (Phi) is 8.81. The van der Waals surface area contributed by atoms with Gasteiger partial charge >= 0.3 is 0 Å². The first kappa shape index (κ1) is 11.8. The fraction of sp³-hybridized carbons (Fsp3) is 0.700. The third kappa shape index (κ3) is 5.49. The largest absolute Gasteiger partial charge is 0.269 e. The first-order valence-electron chi connectivity index (χ1n) is 4.85. The van der Waals surface area contributed by atoms with Crippen LogP contribution in [0.4, 0.5) is 0 Å². The van der Waals surface area contributed by atoms with Gasteiger partial charge in [0, 0.05) is 18.1 Å². The molecule has 0 bridgehead atoms. The molecule has 70 valence electrons. The molecule has 0 aromatic heterocycles. The van der Waals surface area contributed by atoms with Crippen molar-refractivity contribution in [2.45, 2.75) is 39.3 Å². The maximum atomic E-state index is 4.11. The fourth-order valence-electron chi connectivity index (χ4n) is 0.949. The van der Waals surface area contributed by atoms with Crippen LogP contribution in [0.1, 0.15) is 33.6 Å². The minimum atomic E-state index is 0.755. The molecule has 0 radical (unpaired) electrons. The Morgan fingerprint density at radius 2 is 2.25 bits per heavy atom. The molecule has 0 fully saturated rings. The third-order valence-electron chi connectivity index (χ3n) is 1.50. The highest BCUT2D eigenvalue weighted by Gasteiger charge is 2.03. The average Bonchev–Trinajstić information content (AvgIpc) is 2.19. The Balaban J connectivity index is 0.000000561. The van der Waals surface area contributed by atoms with Crippen molar-refractivity contribution in [2.24, 2.45) is 4.99 Å². The van der Waals surface area contributed by atoms with Gasteiger partial charge in [-0.2, -0.15) is 0 Å². The number of allylic oxidation sites excluding steroid dienone is 1. The summed E-state index contributed by atoms with van der Waals surface area (Å²) < 4.78 is 0. The van der Waals surface area contributed by atoms with E-state index in [-0.39, 0.29) is 0 Å². The molecule has 1 nitrogen and oxygen atoms in total. The molecule has 2 atom stereocenters. The van der Waals surface area contributed by atoms with Gasteiger partial charge in [0.1, 0.15) is 0 Å². The van der Waals surface area contributed by atoms with E-state index in [0.717, 1.165) is 14.2 Å². The summed E-state index contributed by atoms with van der Waals surface area (Å²) >= 11 is 0. The minimum Gasteiger partial charge on any atom is -0.269 e. The Morgan fingerprint density at radius 3 is 2.75 bits per heavy atom. The van der Waals surface area contributed by atoms with Crippen LogP contribution in [0.15, 0.2) is 17.3 Å². The fourth-order valence-corrected chi connectivity index (χ4v) is 2.10. The van der Waals surface area contributed by atoms with E-state index in [4.69, 9.17) is 0 Å². The van der Waals surface area contributed by atoms with Crippen molar-refractivity contribution >= 4 is 14.8 Å². The predicted molar refractivity (Wildman–Crippen MR) is 60.9 cm³/mol. The van der Waals surface area contributed by atoms with E-state index >= 15 is 0 Å². The molecule has 0 aromatic carbocycles. The lowest BCUT2D eigenvalue weighted by atomic mass is 10.3. The smallest absolute Gasteiger partial charge is 0.0224 e. The normalized spacial score (nSPS) is 21.1. The van der Waals surface area contributed by atoms with E-state index in [2.05, 4.69) is 24.2 Å². The molecule has 1 heterocycles. The lowest BCUT2D eigenvalue weighted by Gasteiger charge is -2.10. The zero-order chi connectivity index (χ0) is 9.23. The van der Waals surface area contributed by atoms with E-state index in [0.29, 0.717) is 0 Å². The van der Waals surface area contributed by atoms with Crippen LogP contribution >= 0.6 is 8.58 Å². The summed E-state index contributed by atoms with van der Waals surface area (Å²) in [4.78, 5) is 4.11. The molecule has 0 aromatic rings.